The van der Waals surface area contributed by atoms with Crippen molar-refractivity contribution in [1.82, 2.24) is 18.8 Å². The van der Waals surface area contributed by atoms with Gasteiger partial charge in [-0.3, -0.25) is 9.59 Å². The van der Waals surface area contributed by atoms with Gasteiger partial charge in [-0.15, -0.1) is 0 Å². The van der Waals surface area contributed by atoms with Crippen molar-refractivity contribution in [1.29, 1.82) is 0 Å². The van der Waals surface area contributed by atoms with Gasteiger partial charge in [0.1, 0.15) is 11.3 Å². The van der Waals surface area contributed by atoms with Gasteiger partial charge in [0, 0.05) is 47.0 Å². The quantitative estimate of drug-likeness (QED) is 0.280. The van der Waals surface area contributed by atoms with E-state index in [1.165, 1.54) is 0 Å². The van der Waals surface area contributed by atoms with Gasteiger partial charge < -0.3 is 8.80 Å². The van der Waals surface area contributed by atoms with E-state index in [0.29, 0.717) is 11.1 Å². The monoisotopic (exact) mass is 470 g/mol. The standard InChI is InChI=1S/C30H22N4O2/c1-19-23(5-3-7-25(19)27-15-33-13-21(17-35)9-11-29(33)31-27)24-6-4-8-26(20(24)2)28-16-34-14-22(18-36)10-12-30(34)32-28/h3-18H,1-2H3. The molecule has 0 unspecified atom stereocenters. The average molecular weight is 471 g/mol. The van der Waals surface area contributed by atoms with Crippen LogP contribution >= 0.6 is 0 Å². The third kappa shape index (κ3) is 3.51. The second-order valence-electron chi connectivity index (χ2n) is 8.90. The van der Waals surface area contributed by atoms with Crippen LogP contribution in [-0.4, -0.2) is 31.3 Å². The number of pyridine rings is 2. The maximum Gasteiger partial charge on any atom is 0.151 e. The first-order valence-corrected chi connectivity index (χ1v) is 11.6. The Kier molecular flexibility index (Phi) is 5.08. The highest BCUT2D eigenvalue weighted by Crippen LogP contribution is 2.36. The summed E-state index contributed by atoms with van der Waals surface area (Å²) in [5.74, 6) is 0. The van der Waals surface area contributed by atoms with E-state index in [1.54, 1.807) is 24.5 Å². The molecule has 174 valence electrons. The summed E-state index contributed by atoms with van der Waals surface area (Å²) >= 11 is 0. The number of hydrogen-bond donors (Lipinski definition) is 0. The third-order valence-electron chi connectivity index (χ3n) is 6.73. The van der Waals surface area contributed by atoms with Crippen LogP contribution in [-0.2, 0) is 0 Å². The van der Waals surface area contributed by atoms with Crippen molar-refractivity contribution in [2.45, 2.75) is 13.8 Å². The fourth-order valence-electron chi connectivity index (χ4n) is 4.83. The van der Waals surface area contributed by atoms with Gasteiger partial charge in [0.05, 0.1) is 11.4 Å². The van der Waals surface area contributed by atoms with Crippen molar-refractivity contribution in [3.05, 3.63) is 108 Å². The van der Waals surface area contributed by atoms with Crippen LogP contribution in [0.2, 0.25) is 0 Å². The molecule has 0 saturated heterocycles. The first kappa shape index (κ1) is 21.7. The van der Waals surface area contributed by atoms with Crippen LogP contribution in [0.25, 0.3) is 44.9 Å². The molecule has 0 spiro atoms. The lowest BCUT2D eigenvalue weighted by Crippen LogP contribution is -1.93. The Morgan fingerprint density at radius 3 is 1.39 bits per heavy atom. The third-order valence-corrected chi connectivity index (χ3v) is 6.73. The van der Waals surface area contributed by atoms with Gasteiger partial charge in [-0.2, -0.15) is 0 Å². The number of aromatic nitrogens is 4. The summed E-state index contributed by atoms with van der Waals surface area (Å²) in [6, 6.07) is 19.8. The molecule has 0 N–H and O–H groups in total. The number of carbonyl (C=O) groups is 2. The minimum absolute atomic E-state index is 0.610. The van der Waals surface area contributed by atoms with Gasteiger partial charge in [-0.05, 0) is 60.4 Å². The average Bonchev–Trinajstić information content (AvgIpc) is 3.52. The number of nitrogens with zero attached hydrogens (tertiary/aromatic N) is 4. The maximum atomic E-state index is 11.2. The normalized spacial score (nSPS) is 11.3. The second kappa shape index (κ2) is 8.43. The highest BCUT2D eigenvalue weighted by Gasteiger charge is 2.16. The predicted octanol–water partition coefficient (Wildman–Crippen LogP) is 6.22. The summed E-state index contributed by atoms with van der Waals surface area (Å²) in [4.78, 5) is 31.9. The Labute approximate surface area is 207 Å². The van der Waals surface area contributed by atoms with Crippen LogP contribution in [0, 0.1) is 13.8 Å². The van der Waals surface area contributed by atoms with Crippen LogP contribution in [0.15, 0.2) is 85.5 Å². The molecule has 6 rings (SSSR count). The summed E-state index contributed by atoms with van der Waals surface area (Å²) in [5.41, 5.74) is 11.1. The van der Waals surface area contributed by atoms with Gasteiger partial charge in [-0.25, -0.2) is 9.97 Å². The molecule has 0 aliphatic heterocycles. The van der Waals surface area contributed by atoms with Crippen LogP contribution in [0.1, 0.15) is 31.8 Å². The van der Waals surface area contributed by atoms with Crippen molar-refractivity contribution in [3.8, 4) is 33.6 Å². The van der Waals surface area contributed by atoms with Crippen molar-refractivity contribution in [2.24, 2.45) is 0 Å². The van der Waals surface area contributed by atoms with E-state index in [0.717, 1.165) is 68.6 Å². The molecule has 0 radical (unpaired) electrons. The molecule has 0 aliphatic rings. The molecule has 0 atom stereocenters. The number of imidazole rings is 2. The van der Waals surface area contributed by atoms with E-state index < -0.39 is 0 Å². The summed E-state index contributed by atoms with van der Waals surface area (Å²) in [7, 11) is 0. The van der Waals surface area contributed by atoms with Crippen LogP contribution in [0.3, 0.4) is 0 Å². The number of rotatable bonds is 5. The summed E-state index contributed by atoms with van der Waals surface area (Å²) < 4.78 is 3.77. The number of fused-ring (bicyclic) bond motifs is 2. The van der Waals surface area contributed by atoms with Crippen molar-refractivity contribution < 1.29 is 9.59 Å². The van der Waals surface area contributed by atoms with Crippen molar-refractivity contribution >= 4 is 23.9 Å². The van der Waals surface area contributed by atoms with E-state index in [-0.39, 0.29) is 0 Å². The van der Waals surface area contributed by atoms with Crippen molar-refractivity contribution in [2.75, 3.05) is 0 Å². The molecule has 6 heteroatoms. The Bertz CT molecular complexity index is 1680. The Morgan fingerprint density at radius 1 is 0.556 bits per heavy atom. The SMILES string of the molecule is Cc1c(-c2cn3cc(C=O)ccc3n2)cccc1-c1cccc(-c2cn3cc(C=O)ccc3n2)c1C. The Balaban J connectivity index is 1.45. The largest absolute Gasteiger partial charge is 0.306 e. The minimum atomic E-state index is 0.610. The van der Waals surface area contributed by atoms with E-state index in [1.807, 2.05) is 33.3 Å². The zero-order valence-corrected chi connectivity index (χ0v) is 19.8. The van der Waals surface area contributed by atoms with Crippen LogP contribution in [0.5, 0.6) is 0 Å². The molecule has 4 heterocycles. The summed E-state index contributed by atoms with van der Waals surface area (Å²) in [6.07, 6.45) is 9.18. The molecule has 0 bridgehead atoms. The molecule has 4 aromatic heterocycles. The number of aldehydes is 2. The Hall–Kier alpha value is -4.84. The summed E-state index contributed by atoms with van der Waals surface area (Å²) in [6.45, 7) is 4.23. The fourth-order valence-corrected chi connectivity index (χ4v) is 4.83. The fraction of sp³-hybridized carbons (Fsp3) is 0.0667. The van der Waals surface area contributed by atoms with E-state index >= 15 is 0 Å². The van der Waals surface area contributed by atoms with Gasteiger partial charge >= 0.3 is 0 Å². The molecule has 0 aliphatic carbocycles. The molecule has 0 amide bonds. The van der Waals surface area contributed by atoms with E-state index in [2.05, 4.69) is 50.2 Å². The summed E-state index contributed by atoms with van der Waals surface area (Å²) in [5, 5.41) is 0. The molecule has 6 aromatic rings. The lowest BCUT2D eigenvalue weighted by molar-refractivity contribution is 0.111. The highest BCUT2D eigenvalue weighted by atomic mass is 16.1. The Morgan fingerprint density at radius 2 is 0.972 bits per heavy atom. The number of hydrogen-bond acceptors (Lipinski definition) is 4. The van der Waals surface area contributed by atoms with Gasteiger partial charge in [0.25, 0.3) is 0 Å². The lowest BCUT2D eigenvalue weighted by atomic mass is 9.90. The molecule has 0 fully saturated rings. The minimum Gasteiger partial charge on any atom is -0.306 e. The van der Waals surface area contributed by atoms with E-state index in [4.69, 9.17) is 9.97 Å². The number of benzene rings is 2. The van der Waals surface area contributed by atoms with Gasteiger partial charge in [-0.1, -0.05) is 36.4 Å². The zero-order chi connectivity index (χ0) is 24.8. The molecule has 6 nitrogen and oxygen atoms in total. The topological polar surface area (TPSA) is 68.7 Å². The van der Waals surface area contributed by atoms with E-state index in [9.17, 15) is 9.59 Å². The smallest absolute Gasteiger partial charge is 0.151 e. The first-order valence-electron chi connectivity index (χ1n) is 11.6. The molecule has 2 aromatic carbocycles. The second-order valence-corrected chi connectivity index (χ2v) is 8.90. The molecule has 0 saturated carbocycles. The highest BCUT2D eigenvalue weighted by molar-refractivity contribution is 5.83. The number of carbonyl (C=O) groups excluding carboxylic acids is 2. The molecular formula is C30H22N4O2. The van der Waals surface area contributed by atoms with Gasteiger partial charge in [0.15, 0.2) is 12.6 Å². The molecular weight excluding hydrogens is 448 g/mol. The maximum absolute atomic E-state index is 11.2. The first-order chi connectivity index (χ1) is 17.6. The van der Waals surface area contributed by atoms with Gasteiger partial charge in [0.2, 0.25) is 0 Å². The zero-order valence-electron chi connectivity index (χ0n) is 19.8. The molecule has 36 heavy (non-hydrogen) atoms. The van der Waals surface area contributed by atoms with Crippen LogP contribution in [0.4, 0.5) is 0 Å². The van der Waals surface area contributed by atoms with Crippen LogP contribution < -0.4 is 0 Å². The predicted molar refractivity (Wildman–Crippen MR) is 140 cm³/mol. The lowest BCUT2D eigenvalue weighted by Gasteiger charge is -2.14. The van der Waals surface area contributed by atoms with Crippen molar-refractivity contribution in [3.63, 3.8) is 0 Å².